The van der Waals surface area contributed by atoms with E-state index in [2.05, 4.69) is 26.3 Å². The van der Waals surface area contributed by atoms with Crippen molar-refractivity contribution in [1.82, 2.24) is 0 Å². The van der Waals surface area contributed by atoms with E-state index in [1.165, 1.54) is 0 Å². The van der Waals surface area contributed by atoms with E-state index in [-0.39, 0.29) is 0 Å². The van der Waals surface area contributed by atoms with Gasteiger partial charge in [0, 0.05) is 0 Å². The minimum atomic E-state index is -0.544. The van der Waals surface area contributed by atoms with E-state index in [4.69, 9.17) is 0 Å². The number of allylic oxidation sites excluding steroid dienone is 8. The number of hydrogen-bond donors (Lipinski definition) is 0. The third-order valence-corrected chi connectivity index (χ3v) is 1.67. The molecule has 0 saturated carbocycles. The summed E-state index contributed by atoms with van der Waals surface area (Å²) in [6.07, 6.45) is 6.98. The van der Waals surface area contributed by atoms with Gasteiger partial charge in [-0.2, -0.15) is 0 Å². The molecule has 0 fully saturated rings. The lowest BCUT2D eigenvalue weighted by molar-refractivity contribution is 0.550. The zero-order valence-corrected chi connectivity index (χ0v) is 9.22. The Bertz CT molecular complexity index is 340. The first-order chi connectivity index (χ1) is 6.97. The van der Waals surface area contributed by atoms with Crippen molar-refractivity contribution < 1.29 is 4.39 Å². The van der Waals surface area contributed by atoms with E-state index in [9.17, 15) is 4.39 Å². The molecule has 1 heteroatoms. The van der Waals surface area contributed by atoms with Crippen molar-refractivity contribution in [1.29, 1.82) is 0 Å². The monoisotopic (exact) mass is 204 g/mol. The van der Waals surface area contributed by atoms with Gasteiger partial charge in [-0.3, -0.25) is 0 Å². The molecule has 0 aromatic carbocycles. The maximum Gasteiger partial charge on any atom is 0.114 e. The van der Waals surface area contributed by atoms with Crippen LogP contribution in [0.3, 0.4) is 0 Å². The maximum absolute atomic E-state index is 12.1. The Balaban J connectivity index is 4.35. The first-order valence-electron chi connectivity index (χ1n) is 4.61. The summed E-state index contributed by atoms with van der Waals surface area (Å²) in [4.78, 5) is 0. The summed E-state index contributed by atoms with van der Waals surface area (Å²) in [5.74, 6) is 0. The van der Waals surface area contributed by atoms with Crippen LogP contribution in [0.1, 0.15) is 6.92 Å². The molecule has 80 valence electrons. The van der Waals surface area contributed by atoms with Gasteiger partial charge in [0.1, 0.15) is 6.67 Å². The molecule has 0 rings (SSSR count). The molecule has 0 aromatic heterocycles. The van der Waals surface area contributed by atoms with Crippen LogP contribution in [0.2, 0.25) is 0 Å². The van der Waals surface area contributed by atoms with Crippen LogP contribution in [0.25, 0.3) is 0 Å². The van der Waals surface area contributed by atoms with E-state index < -0.39 is 6.67 Å². The van der Waals surface area contributed by atoms with Crippen molar-refractivity contribution >= 4 is 0 Å². The second kappa shape index (κ2) is 6.77. The first-order valence-corrected chi connectivity index (χ1v) is 4.61. The van der Waals surface area contributed by atoms with Gasteiger partial charge in [-0.15, -0.1) is 0 Å². The lowest BCUT2D eigenvalue weighted by Crippen LogP contribution is -1.81. The predicted molar refractivity (Wildman–Crippen MR) is 66.5 cm³/mol. The number of rotatable bonds is 6. The van der Waals surface area contributed by atoms with E-state index in [0.29, 0.717) is 5.57 Å². The van der Waals surface area contributed by atoms with Crippen LogP contribution in [0, 0.1) is 0 Å². The molecule has 0 aliphatic heterocycles. The molecule has 15 heavy (non-hydrogen) atoms. The quantitative estimate of drug-likeness (QED) is 0.565. The Morgan fingerprint density at radius 1 is 0.933 bits per heavy atom. The molecule has 0 amide bonds. The fourth-order valence-electron chi connectivity index (χ4n) is 0.720. The van der Waals surface area contributed by atoms with E-state index in [1.54, 1.807) is 12.2 Å². The van der Waals surface area contributed by atoms with E-state index in [1.807, 2.05) is 19.1 Å². The van der Waals surface area contributed by atoms with Crippen LogP contribution in [0.15, 0.2) is 72.9 Å². The minimum Gasteiger partial charge on any atom is -0.246 e. The smallest absolute Gasteiger partial charge is 0.114 e. The summed E-state index contributed by atoms with van der Waals surface area (Å²) >= 11 is 0. The molecule has 0 aliphatic carbocycles. The van der Waals surface area contributed by atoms with Crippen LogP contribution in [-0.2, 0) is 0 Å². The molecule has 0 nitrogen and oxygen atoms in total. The van der Waals surface area contributed by atoms with Gasteiger partial charge in [0.25, 0.3) is 0 Å². The van der Waals surface area contributed by atoms with Crippen LogP contribution in [0.4, 0.5) is 4.39 Å². The molecule has 0 spiro atoms. The summed E-state index contributed by atoms with van der Waals surface area (Å²) in [7, 11) is 0. The predicted octanol–water partition coefficient (Wildman–Crippen LogP) is 4.31. The molecule has 0 aliphatic rings. The van der Waals surface area contributed by atoms with E-state index in [0.717, 1.165) is 16.7 Å². The molecule has 0 radical (unpaired) electrons. The largest absolute Gasteiger partial charge is 0.246 e. The van der Waals surface area contributed by atoms with Crippen molar-refractivity contribution in [2.45, 2.75) is 6.92 Å². The topological polar surface area (TPSA) is 0 Å². The number of halogens is 1. The molecule has 0 saturated heterocycles. The lowest BCUT2D eigenvalue weighted by atomic mass is 10.1. The molecule has 0 bridgehead atoms. The highest BCUT2D eigenvalue weighted by atomic mass is 19.1. The third-order valence-electron chi connectivity index (χ3n) is 1.67. The highest BCUT2D eigenvalue weighted by molar-refractivity contribution is 5.45. The molecule has 0 heterocycles. The fourth-order valence-corrected chi connectivity index (χ4v) is 0.720. The lowest BCUT2D eigenvalue weighted by Gasteiger charge is -1.98. The number of alkyl halides is 1. The van der Waals surface area contributed by atoms with Crippen LogP contribution in [-0.4, -0.2) is 6.67 Å². The molecule has 0 atom stereocenters. The van der Waals surface area contributed by atoms with Crippen molar-refractivity contribution in [3.63, 3.8) is 0 Å². The average molecular weight is 204 g/mol. The van der Waals surface area contributed by atoms with Gasteiger partial charge in [-0.25, -0.2) is 4.39 Å². The standard InChI is InChI=1S/C14H17F/c1-11(2)6-8-13(4)14(5)9-7-12(3)10-15/h6-9H,1,3-5,10H2,2H3/b8-6-,9-7-. The minimum absolute atomic E-state index is 0.424. The Morgan fingerprint density at radius 2 is 1.40 bits per heavy atom. The SMILES string of the molecule is C=C(C)/C=C\C(=C)C(=C)/C=C\C(=C)CF. The van der Waals surface area contributed by atoms with Gasteiger partial charge in [0.2, 0.25) is 0 Å². The van der Waals surface area contributed by atoms with Gasteiger partial charge in [-0.1, -0.05) is 56.2 Å². The summed E-state index contributed by atoms with van der Waals surface area (Å²) < 4.78 is 12.1. The van der Waals surface area contributed by atoms with Crippen molar-refractivity contribution in [3.05, 3.63) is 72.9 Å². The van der Waals surface area contributed by atoms with Crippen LogP contribution in [0.5, 0.6) is 0 Å². The van der Waals surface area contributed by atoms with Gasteiger partial charge in [-0.05, 0) is 23.6 Å². The molecular formula is C14H17F. The van der Waals surface area contributed by atoms with Gasteiger partial charge >= 0.3 is 0 Å². The third kappa shape index (κ3) is 6.44. The summed E-state index contributed by atoms with van der Waals surface area (Å²) in [6.45, 7) is 16.2. The summed E-state index contributed by atoms with van der Waals surface area (Å²) in [6, 6.07) is 0. The van der Waals surface area contributed by atoms with Crippen LogP contribution >= 0.6 is 0 Å². The van der Waals surface area contributed by atoms with Gasteiger partial charge in [0.15, 0.2) is 0 Å². The van der Waals surface area contributed by atoms with Gasteiger partial charge < -0.3 is 0 Å². The zero-order valence-electron chi connectivity index (χ0n) is 9.22. The maximum atomic E-state index is 12.1. The molecule has 0 unspecified atom stereocenters. The fraction of sp³-hybridized carbons (Fsp3) is 0.143. The average Bonchev–Trinajstić information content (AvgIpc) is 2.21. The second-order valence-corrected chi connectivity index (χ2v) is 3.36. The van der Waals surface area contributed by atoms with Crippen LogP contribution < -0.4 is 0 Å². The normalized spacial score (nSPS) is 10.8. The summed E-state index contributed by atoms with van der Waals surface area (Å²) in [5, 5.41) is 0. The van der Waals surface area contributed by atoms with Crippen molar-refractivity contribution in [2.75, 3.05) is 6.67 Å². The summed E-state index contributed by atoms with van der Waals surface area (Å²) in [5.41, 5.74) is 2.89. The molecular weight excluding hydrogens is 187 g/mol. The zero-order chi connectivity index (χ0) is 11.8. The molecule has 0 aromatic rings. The Morgan fingerprint density at radius 3 is 1.80 bits per heavy atom. The highest BCUT2D eigenvalue weighted by Crippen LogP contribution is 2.10. The van der Waals surface area contributed by atoms with Crippen molar-refractivity contribution in [3.8, 4) is 0 Å². The first kappa shape index (κ1) is 13.4. The Kier molecular flexibility index (Phi) is 6.03. The second-order valence-electron chi connectivity index (χ2n) is 3.36. The number of hydrogen-bond acceptors (Lipinski definition) is 0. The van der Waals surface area contributed by atoms with E-state index >= 15 is 0 Å². The van der Waals surface area contributed by atoms with Crippen molar-refractivity contribution in [2.24, 2.45) is 0 Å². The Labute approximate surface area is 91.5 Å². The Hall–Kier alpha value is -1.63. The molecule has 0 N–H and O–H groups in total. The van der Waals surface area contributed by atoms with Gasteiger partial charge in [0.05, 0.1) is 0 Å². The highest BCUT2D eigenvalue weighted by Gasteiger charge is 1.92.